The highest BCUT2D eigenvalue weighted by Crippen LogP contribution is 2.22. The summed E-state index contributed by atoms with van der Waals surface area (Å²) < 4.78 is 0. The third-order valence-electron chi connectivity index (χ3n) is 3.47. The summed E-state index contributed by atoms with van der Waals surface area (Å²) in [5.41, 5.74) is 7.10. The Morgan fingerprint density at radius 3 is 2.64 bits per heavy atom. The van der Waals surface area contributed by atoms with E-state index in [9.17, 15) is 14.4 Å². The van der Waals surface area contributed by atoms with Gasteiger partial charge in [0.1, 0.15) is 6.04 Å². The average molecular weight is 304 g/mol. The summed E-state index contributed by atoms with van der Waals surface area (Å²) in [6.07, 6.45) is 0.0692. The lowest BCUT2D eigenvalue weighted by Crippen LogP contribution is -2.36. The Balaban J connectivity index is 1.97. The van der Waals surface area contributed by atoms with Crippen molar-refractivity contribution in [3.63, 3.8) is 0 Å². The number of amides is 4. The van der Waals surface area contributed by atoms with E-state index in [0.29, 0.717) is 13.1 Å². The summed E-state index contributed by atoms with van der Waals surface area (Å²) in [7, 11) is 0. The highest BCUT2D eigenvalue weighted by Gasteiger charge is 2.38. The maximum absolute atomic E-state index is 12.3. The number of urea groups is 1. The van der Waals surface area contributed by atoms with Gasteiger partial charge < -0.3 is 16.4 Å². The monoisotopic (exact) mass is 304 g/mol. The van der Waals surface area contributed by atoms with Crippen molar-refractivity contribution in [2.24, 2.45) is 5.73 Å². The summed E-state index contributed by atoms with van der Waals surface area (Å²) in [5.74, 6) is -0.565. The standard InChI is InChI=1S/C15H20N4O3/c1-10-2-4-11(5-3-10)13-14(21)19(15(22)18-13)9-6-12(20)17-8-7-16/h2-5,13H,6-9,16H2,1H3,(H,17,20)(H,18,22). The smallest absolute Gasteiger partial charge is 0.325 e. The van der Waals surface area contributed by atoms with Gasteiger partial charge >= 0.3 is 6.03 Å². The van der Waals surface area contributed by atoms with Crippen molar-refractivity contribution in [1.29, 1.82) is 0 Å². The molecule has 0 spiro atoms. The molecule has 1 atom stereocenters. The molecule has 0 aromatic heterocycles. The first-order valence-electron chi connectivity index (χ1n) is 7.18. The van der Waals surface area contributed by atoms with Crippen molar-refractivity contribution in [2.75, 3.05) is 19.6 Å². The number of carbonyl (C=O) groups excluding carboxylic acids is 3. The van der Waals surface area contributed by atoms with Gasteiger partial charge in [-0.3, -0.25) is 14.5 Å². The highest BCUT2D eigenvalue weighted by molar-refractivity contribution is 6.04. The normalized spacial score (nSPS) is 17.5. The van der Waals surface area contributed by atoms with Crippen LogP contribution in [0.5, 0.6) is 0 Å². The molecule has 1 unspecified atom stereocenters. The van der Waals surface area contributed by atoms with Crippen LogP contribution in [0.15, 0.2) is 24.3 Å². The van der Waals surface area contributed by atoms with E-state index in [1.165, 1.54) is 0 Å². The van der Waals surface area contributed by atoms with Gasteiger partial charge in [-0.1, -0.05) is 29.8 Å². The zero-order valence-electron chi connectivity index (χ0n) is 12.5. The van der Waals surface area contributed by atoms with Gasteiger partial charge in [0.2, 0.25) is 5.91 Å². The molecule has 0 radical (unpaired) electrons. The summed E-state index contributed by atoms with van der Waals surface area (Å²) in [6, 6.07) is 6.25. The molecule has 4 amide bonds. The molecule has 1 aliphatic rings. The minimum absolute atomic E-state index is 0.0590. The molecular formula is C15H20N4O3. The van der Waals surface area contributed by atoms with Crippen molar-refractivity contribution in [1.82, 2.24) is 15.5 Å². The largest absolute Gasteiger partial charge is 0.355 e. The Morgan fingerprint density at radius 2 is 2.00 bits per heavy atom. The zero-order valence-corrected chi connectivity index (χ0v) is 12.5. The summed E-state index contributed by atoms with van der Waals surface area (Å²) >= 11 is 0. The Labute approximate surface area is 128 Å². The fourth-order valence-corrected chi connectivity index (χ4v) is 2.23. The number of hydrogen-bond donors (Lipinski definition) is 3. The van der Waals surface area contributed by atoms with E-state index in [1.807, 2.05) is 31.2 Å². The molecule has 7 heteroatoms. The number of hydrogen-bond acceptors (Lipinski definition) is 4. The van der Waals surface area contributed by atoms with Crippen LogP contribution in [-0.4, -0.2) is 42.4 Å². The lowest BCUT2D eigenvalue weighted by molar-refractivity contribution is -0.128. The van der Waals surface area contributed by atoms with E-state index < -0.39 is 12.1 Å². The number of rotatable bonds is 6. The summed E-state index contributed by atoms with van der Waals surface area (Å²) in [4.78, 5) is 36.8. The number of nitrogens with zero attached hydrogens (tertiary/aromatic N) is 1. The third-order valence-corrected chi connectivity index (χ3v) is 3.47. The Morgan fingerprint density at radius 1 is 1.32 bits per heavy atom. The molecule has 1 aliphatic heterocycles. The average Bonchev–Trinajstić information content (AvgIpc) is 2.78. The molecule has 0 saturated carbocycles. The predicted molar refractivity (Wildman–Crippen MR) is 80.8 cm³/mol. The number of carbonyl (C=O) groups is 3. The van der Waals surface area contributed by atoms with Crippen LogP contribution in [-0.2, 0) is 9.59 Å². The third kappa shape index (κ3) is 3.62. The van der Waals surface area contributed by atoms with Crippen molar-refractivity contribution < 1.29 is 14.4 Å². The molecule has 0 aliphatic carbocycles. The van der Waals surface area contributed by atoms with Crippen molar-refractivity contribution in [3.05, 3.63) is 35.4 Å². The molecule has 1 saturated heterocycles. The highest BCUT2D eigenvalue weighted by atomic mass is 16.2. The number of aryl methyl sites for hydroxylation is 1. The number of nitrogens with one attached hydrogen (secondary N) is 2. The van der Waals surface area contributed by atoms with Gasteiger partial charge in [0, 0.05) is 26.1 Å². The molecule has 118 valence electrons. The predicted octanol–water partition coefficient (Wildman–Crippen LogP) is 0.0529. The van der Waals surface area contributed by atoms with Crippen LogP contribution in [0.25, 0.3) is 0 Å². The molecule has 1 aromatic carbocycles. The molecule has 1 heterocycles. The van der Waals surface area contributed by atoms with Gasteiger partial charge in [-0.2, -0.15) is 0 Å². The lowest BCUT2D eigenvalue weighted by Gasteiger charge is -2.13. The van der Waals surface area contributed by atoms with Gasteiger partial charge in [-0.15, -0.1) is 0 Å². The van der Waals surface area contributed by atoms with Crippen LogP contribution in [0.1, 0.15) is 23.6 Å². The van der Waals surface area contributed by atoms with Gasteiger partial charge in [0.15, 0.2) is 0 Å². The number of imide groups is 1. The second-order valence-electron chi connectivity index (χ2n) is 5.17. The SMILES string of the molecule is Cc1ccc(C2NC(=O)N(CCC(=O)NCCN)C2=O)cc1. The molecule has 4 N–H and O–H groups in total. The van der Waals surface area contributed by atoms with Crippen LogP contribution < -0.4 is 16.4 Å². The minimum Gasteiger partial charge on any atom is -0.355 e. The van der Waals surface area contributed by atoms with E-state index in [0.717, 1.165) is 16.0 Å². The Hall–Kier alpha value is -2.41. The van der Waals surface area contributed by atoms with E-state index in [1.54, 1.807) is 0 Å². The van der Waals surface area contributed by atoms with Crippen LogP contribution in [0.4, 0.5) is 4.79 Å². The molecule has 0 bridgehead atoms. The Kier molecular flexibility index (Phi) is 5.11. The minimum atomic E-state index is -0.680. The van der Waals surface area contributed by atoms with Crippen molar-refractivity contribution >= 4 is 17.8 Å². The van der Waals surface area contributed by atoms with E-state index in [2.05, 4.69) is 10.6 Å². The molecular weight excluding hydrogens is 284 g/mol. The van der Waals surface area contributed by atoms with Gasteiger partial charge in [-0.25, -0.2) is 4.79 Å². The first kappa shape index (κ1) is 16.0. The lowest BCUT2D eigenvalue weighted by atomic mass is 10.1. The summed E-state index contributed by atoms with van der Waals surface area (Å²) in [5, 5.41) is 5.24. The van der Waals surface area contributed by atoms with E-state index in [4.69, 9.17) is 5.73 Å². The maximum atomic E-state index is 12.3. The van der Waals surface area contributed by atoms with Crippen molar-refractivity contribution in [3.8, 4) is 0 Å². The number of benzene rings is 1. The molecule has 1 fully saturated rings. The fraction of sp³-hybridized carbons (Fsp3) is 0.400. The Bertz CT molecular complexity index is 571. The van der Waals surface area contributed by atoms with Gasteiger partial charge in [-0.05, 0) is 12.5 Å². The second kappa shape index (κ2) is 7.04. The van der Waals surface area contributed by atoms with Crippen LogP contribution in [0.2, 0.25) is 0 Å². The molecule has 1 aromatic rings. The summed E-state index contributed by atoms with van der Waals surface area (Å²) in [6.45, 7) is 2.74. The quantitative estimate of drug-likeness (QED) is 0.646. The van der Waals surface area contributed by atoms with Crippen LogP contribution in [0, 0.1) is 6.92 Å². The van der Waals surface area contributed by atoms with Gasteiger partial charge in [0.05, 0.1) is 0 Å². The van der Waals surface area contributed by atoms with E-state index in [-0.39, 0.29) is 24.8 Å². The molecule has 7 nitrogen and oxygen atoms in total. The second-order valence-corrected chi connectivity index (χ2v) is 5.17. The van der Waals surface area contributed by atoms with Gasteiger partial charge in [0.25, 0.3) is 5.91 Å². The first-order valence-corrected chi connectivity index (χ1v) is 7.18. The van der Waals surface area contributed by atoms with Crippen LogP contribution in [0.3, 0.4) is 0 Å². The number of nitrogens with two attached hydrogens (primary N) is 1. The topological polar surface area (TPSA) is 105 Å². The van der Waals surface area contributed by atoms with Crippen LogP contribution >= 0.6 is 0 Å². The van der Waals surface area contributed by atoms with Crippen molar-refractivity contribution in [2.45, 2.75) is 19.4 Å². The zero-order chi connectivity index (χ0) is 16.1. The maximum Gasteiger partial charge on any atom is 0.325 e. The first-order chi connectivity index (χ1) is 10.5. The fourth-order valence-electron chi connectivity index (χ4n) is 2.23. The van der Waals surface area contributed by atoms with E-state index >= 15 is 0 Å². The molecule has 2 rings (SSSR count). The molecule has 22 heavy (non-hydrogen) atoms.